The maximum atomic E-state index is 5.77. The summed E-state index contributed by atoms with van der Waals surface area (Å²) in [6, 6.07) is 7.99. The second-order valence-corrected chi connectivity index (χ2v) is 7.76. The van der Waals surface area contributed by atoms with E-state index in [2.05, 4.69) is 22.5 Å². The van der Waals surface area contributed by atoms with Crippen molar-refractivity contribution in [2.45, 2.75) is 52.1 Å². The fourth-order valence-corrected chi connectivity index (χ4v) is 3.86. The lowest BCUT2D eigenvalue weighted by atomic mass is 9.83. The average Bonchev–Trinajstić information content (AvgIpc) is 3.22. The van der Waals surface area contributed by atoms with E-state index >= 15 is 0 Å². The molecule has 0 unspecified atom stereocenters. The van der Waals surface area contributed by atoms with Crippen LogP contribution in [-0.4, -0.2) is 53.0 Å². The van der Waals surface area contributed by atoms with Crippen molar-refractivity contribution in [1.82, 2.24) is 10.6 Å². The number of rotatable bonds is 13. The molecule has 2 rings (SSSR count). The van der Waals surface area contributed by atoms with E-state index in [-0.39, 0.29) is 24.0 Å². The van der Waals surface area contributed by atoms with Crippen LogP contribution >= 0.6 is 24.0 Å². The van der Waals surface area contributed by atoms with E-state index in [1.54, 1.807) is 7.11 Å². The highest BCUT2D eigenvalue weighted by molar-refractivity contribution is 14.0. The lowest BCUT2D eigenvalue weighted by Gasteiger charge is -2.30. The molecule has 172 valence electrons. The number of aliphatic imine (C=N–C) groups is 1. The van der Waals surface area contributed by atoms with Crippen LogP contribution in [0.15, 0.2) is 29.3 Å². The van der Waals surface area contributed by atoms with Crippen LogP contribution in [0.1, 0.15) is 51.0 Å². The number of hydrogen-bond donors (Lipinski definition) is 2. The van der Waals surface area contributed by atoms with E-state index in [0.29, 0.717) is 18.6 Å². The molecule has 1 aromatic rings. The standard InChI is InChI=1S/C23H39N3O3.HI/c1-4-28-17-14-23(12-5-6-13-23)19-26-22(24-2)25-15-7-16-29-18-20-8-10-21(27-3)11-9-20;/h8-11H,4-7,12-19H2,1-3H3,(H2,24,25,26);1H. The fourth-order valence-electron chi connectivity index (χ4n) is 3.86. The zero-order chi connectivity index (χ0) is 20.8. The largest absolute Gasteiger partial charge is 0.497 e. The van der Waals surface area contributed by atoms with Gasteiger partial charge in [0.15, 0.2) is 5.96 Å². The molecule has 1 saturated carbocycles. The van der Waals surface area contributed by atoms with Crippen molar-refractivity contribution < 1.29 is 14.2 Å². The molecular weight excluding hydrogens is 493 g/mol. The quantitative estimate of drug-likeness (QED) is 0.171. The molecule has 0 heterocycles. The summed E-state index contributed by atoms with van der Waals surface area (Å²) in [7, 11) is 3.51. The van der Waals surface area contributed by atoms with Gasteiger partial charge >= 0.3 is 0 Å². The van der Waals surface area contributed by atoms with Gasteiger partial charge in [-0.25, -0.2) is 0 Å². The van der Waals surface area contributed by atoms with Gasteiger partial charge in [0.1, 0.15) is 5.75 Å². The van der Waals surface area contributed by atoms with Crippen molar-refractivity contribution in [3.8, 4) is 5.75 Å². The zero-order valence-corrected chi connectivity index (χ0v) is 21.2. The number of nitrogens with one attached hydrogen (secondary N) is 2. The van der Waals surface area contributed by atoms with Crippen LogP contribution in [-0.2, 0) is 16.1 Å². The van der Waals surface area contributed by atoms with Gasteiger partial charge in [-0.1, -0.05) is 25.0 Å². The predicted molar refractivity (Wildman–Crippen MR) is 134 cm³/mol. The first-order valence-electron chi connectivity index (χ1n) is 10.9. The third-order valence-electron chi connectivity index (χ3n) is 5.69. The minimum atomic E-state index is 0. The molecule has 1 aliphatic rings. The maximum absolute atomic E-state index is 5.77. The lowest BCUT2D eigenvalue weighted by molar-refractivity contribution is 0.105. The third kappa shape index (κ3) is 9.83. The molecule has 1 aliphatic carbocycles. The molecule has 2 N–H and O–H groups in total. The third-order valence-corrected chi connectivity index (χ3v) is 5.69. The summed E-state index contributed by atoms with van der Waals surface area (Å²) >= 11 is 0. The highest BCUT2D eigenvalue weighted by Crippen LogP contribution is 2.40. The lowest BCUT2D eigenvalue weighted by Crippen LogP contribution is -2.43. The summed E-state index contributed by atoms with van der Waals surface area (Å²) in [6.45, 7) is 6.87. The van der Waals surface area contributed by atoms with Gasteiger partial charge in [0.2, 0.25) is 0 Å². The zero-order valence-electron chi connectivity index (χ0n) is 18.9. The Labute approximate surface area is 199 Å². The molecule has 0 atom stereocenters. The van der Waals surface area contributed by atoms with Crippen LogP contribution in [0.2, 0.25) is 0 Å². The fraction of sp³-hybridized carbons (Fsp3) is 0.696. The highest BCUT2D eigenvalue weighted by atomic mass is 127. The summed E-state index contributed by atoms with van der Waals surface area (Å²) in [6.07, 6.45) is 7.28. The van der Waals surface area contributed by atoms with E-state index in [1.165, 1.54) is 25.7 Å². The maximum Gasteiger partial charge on any atom is 0.190 e. The van der Waals surface area contributed by atoms with Crippen molar-refractivity contribution in [3.63, 3.8) is 0 Å². The summed E-state index contributed by atoms with van der Waals surface area (Å²) in [5.41, 5.74) is 1.51. The van der Waals surface area contributed by atoms with Gasteiger partial charge in [0, 0.05) is 40.0 Å². The molecular formula is C23H40IN3O3. The first kappa shape index (κ1) is 27.0. The van der Waals surface area contributed by atoms with Crippen LogP contribution in [0.4, 0.5) is 0 Å². The SMILES string of the molecule is CCOCCC1(CNC(=NC)NCCCOCc2ccc(OC)cc2)CCCC1.I. The van der Waals surface area contributed by atoms with E-state index in [1.807, 2.05) is 31.3 Å². The molecule has 1 fully saturated rings. The molecule has 1 aromatic carbocycles. The normalized spacial score (nSPS) is 15.5. The number of halogens is 1. The molecule has 0 aromatic heterocycles. The van der Waals surface area contributed by atoms with Crippen LogP contribution < -0.4 is 15.4 Å². The average molecular weight is 533 g/mol. The number of ether oxygens (including phenoxy) is 3. The Bertz CT molecular complexity index is 590. The minimum absolute atomic E-state index is 0. The van der Waals surface area contributed by atoms with Crippen molar-refractivity contribution in [2.75, 3.05) is 47.1 Å². The van der Waals surface area contributed by atoms with E-state index in [0.717, 1.165) is 56.4 Å². The molecule has 6 nitrogen and oxygen atoms in total. The number of guanidine groups is 1. The van der Waals surface area contributed by atoms with Gasteiger partial charge in [-0.3, -0.25) is 4.99 Å². The molecule has 30 heavy (non-hydrogen) atoms. The van der Waals surface area contributed by atoms with Gasteiger partial charge < -0.3 is 24.8 Å². The van der Waals surface area contributed by atoms with Gasteiger partial charge in [-0.05, 0) is 55.7 Å². The number of methoxy groups -OCH3 is 1. The minimum Gasteiger partial charge on any atom is -0.497 e. The van der Waals surface area contributed by atoms with E-state index in [9.17, 15) is 0 Å². The summed E-state index contributed by atoms with van der Waals surface area (Å²) < 4.78 is 16.5. The Morgan fingerprint density at radius 1 is 1.07 bits per heavy atom. The van der Waals surface area contributed by atoms with Crippen molar-refractivity contribution in [2.24, 2.45) is 10.4 Å². The van der Waals surface area contributed by atoms with Crippen LogP contribution in [0.5, 0.6) is 5.75 Å². The summed E-state index contributed by atoms with van der Waals surface area (Å²) in [4.78, 5) is 4.37. The van der Waals surface area contributed by atoms with Gasteiger partial charge in [0.25, 0.3) is 0 Å². The molecule has 0 aliphatic heterocycles. The second-order valence-electron chi connectivity index (χ2n) is 7.76. The monoisotopic (exact) mass is 533 g/mol. The van der Waals surface area contributed by atoms with E-state index in [4.69, 9.17) is 14.2 Å². The topological polar surface area (TPSA) is 64.1 Å². The number of hydrogen-bond acceptors (Lipinski definition) is 4. The van der Waals surface area contributed by atoms with Crippen molar-refractivity contribution in [1.29, 1.82) is 0 Å². The van der Waals surface area contributed by atoms with Crippen molar-refractivity contribution >= 4 is 29.9 Å². The smallest absolute Gasteiger partial charge is 0.190 e. The summed E-state index contributed by atoms with van der Waals surface area (Å²) in [5, 5.41) is 6.94. The Balaban J connectivity index is 0.00000450. The Kier molecular flexibility index (Phi) is 14.1. The first-order valence-corrected chi connectivity index (χ1v) is 10.9. The van der Waals surface area contributed by atoms with Gasteiger partial charge in [0.05, 0.1) is 13.7 Å². The molecule has 0 spiro atoms. The molecule has 0 bridgehead atoms. The van der Waals surface area contributed by atoms with Gasteiger partial charge in [-0.2, -0.15) is 0 Å². The second kappa shape index (κ2) is 15.7. The van der Waals surface area contributed by atoms with Crippen LogP contribution in [0.3, 0.4) is 0 Å². The molecule has 0 radical (unpaired) electrons. The predicted octanol–water partition coefficient (Wildman–Crippen LogP) is 4.37. The summed E-state index contributed by atoms with van der Waals surface area (Å²) in [5.74, 6) is 1.75. The van der Waals surface area contributed by atoms with Gasteiger partial charge in [-0.15, -0.1) is 24.0 Å². The Hall–Kier alpha value is -1.06. The van der Waals surface area contributed by atoms with Crippen molar-refractivity contribution in [3.05, 3.63) is 29.8 Å². The van der Waals surface area contributed by atoms with Crippen LogP contribution in [0.25, 0.3) is 0 Å². The molecule has 7 heteroatoms. The number of nitrogens with zero attached hydrogens (tertiary/aromatic N) is 1. The first-order chi connectivity index (χ1) is 14.2. The highest BCUT2D eigenvalue weighted by Gasteiger charge is 2.33. The molecule has 0 amide bonds. The Morgan fingerprint density at radius 3 is 2.43 bits per heavy atom. The Morgan fingerprint density at radius 2 is 1.80 bits per heavy atom. The molecule has 0 saturated heterocycles. The van der Waals surface area contributed by atoms with E-state index < -0.39 is 0 Å². The number of benzene rings is 1. The van der Waals surface area contributed by atoms with Crippen LogP contribution in [0, 0.1) is 5.41 Å².